The average molecular weight is 650 g/mol. The van der Waals surface area contributed by atoms with Crippen molar-refractivity contribution in [1.82, 2.24) is 10.2 Å². The number of sulfone groups is 1. The topological polar surface area (TPSA) is 171 Å². The van der Waals surface area contributed by atoms with Crippen LogP contribution in [-0.2, 0) is 34.0 Å². The normalized spacial score (nSPS) is 18.3. The number of nitrogens with one attached hydrogen (secondary N) is 1. The summed E-state index contributed by atoms with van der Waals surface area (Å²) in [6, 6.07) is 10.4. The zero-order valence-electron chi connectivity index (χ0n) is 22.6. The van der Waals surface area contributed by atoms with Crippen molar-refractivity contribution in [3.8, 4) is 5.75 Å². The second kappa shape index (κ2) is 11.8. The highest BCUT2D eigenvalue weighted by molar-refractivity contribution is 7.90. The van der Waals surface area contributed by atoms with Gasteiger partial charge in [0.2, 0.25) is 6.29 Å². The van der Waals surface area contributed by atoms with E-state index in [9.17, 15) is 38.1 Å². The Morgan fingerprint density at radius 2 is 1.86 bits per heavy atom. The molecule has 0 saturated heterocycles. The third-order valence-electron chi connectivity index (χ3n) is 7.39. The molecular weight excluding hydrogens is 623 g/mol. The number of ether oxygens (including phenoxy) is 1. The van der Waals surface area contributed by atoms with E-state index in [4.69, 9.17) is 27.9 Å². The van der Waals surface area contributed by atoms with Crippen LogP contribution in [0.5, 0.6) is 5.75 Å². The van der Waals surface area contributed by atoms with Gasteiger partial charge in [-0.05, 0) is 53.4 Å². The number of carboxylic acid groups (broad SMARTS) is 1. The number of aliphatic hydroxyl groups excluding tert-OH is 2. The van der Waals surface area contributed by atoms with Gasteiger partial charge in [0.1, 0.15) is 17.9 Å². The fraction of sp³-hybridized carbons (Fsp3) is 0.276. The Morgan fingerprint density at radius 3 is 2.56 bits per heavy atom. The molecule has 4 N–H and O–H groups in total. The van der Waals surface area contributed by atoms with E-state index in [0.717, 1.165) is 6.26 Å². The van der Waals surface area contributed by atoms with Crippen molar-refractivity contribution in [1.29, 1.82) is 0 Å². The summed E-state index contributed by atoms with van der Waals surface area (Å²) in [7, 11) is -3.52. The van der Waals surface area contributed by atoms with Gasteiger partial charge in [0.05, 0.1) is 20.5 Å². The Kier molecular flexibility index (Phi) is 8.43. The molecule has 0 aliphatic carbocycles. The summed E-state index contributed by atoms with van der Waals surface area (Å²) >= 11 is 13.1. The van der Waals surface area contributed by atoms with Gasteiger partial charge < -0.3 is 30.3 Å². The number of nitrogens with zero attached hydrogens (tertiary/aromatic N) is 1. The molecule has 3 unspecified atom stereocenters. The Bertz CT molecular complexity index is 1760. The van der Waals surface area contributed by atoms with Crippen molar-refractivity contribution in [3.63, 3.8) is 0 Å². The van der Waals surface area contributed by atoms with E-state index in [1.54, 1.807) is 11.0 Å². The van der Waals surface area contributed by atoms with Crippen LogP contribution in [0.25, 0.3) is 0 Å². The molecule has 0 fully saturated rings. The average Bonchev–Trinajstić information content (AvgIpc) is 3.23. The number of fused-ring (bicyclic) bond motifs is 2. The maximum Gasteiger partial charge on any atom is 0.326 e. The van der Waals surface area contributed by atoms with Gasteiger partial charge >= 0.3 is 5.97 Å². The lowest BCUT2D eigenvalue weighted by molar-refractivity contribution is -0.139. The van der Waals surface area contributed by atoms with Crippen LogP contribution in [0.2, 0.25) is 10.0 Å². The molecule has 14 heteroatoms. The third-order valence-corrected chi connectivity index (χ3v) is 9.21. The number of carbonyl (C=O) groups excluding carboxylic acids is 2. The summed E-state index contributed by atoms with van der Waals surface area (Å²) in [6.45, 7) is 0.388. The second-order valence-corrected chi connectivity index (χ2v) is 13.2. The Hall–Kier alpha value is -3.68. The Labute approximate surface area is 256 Å². The van der Waals surface area contributed by atoms with Crippen molar-refractivity contribution in [2.24, 2.45) is 0 Å². The number of hydrogen-bond donors (Lipinski definition) is 4. The van der Waals surface area contributed by atoms with Crippen molar-refractivity contribution in [2.45, 2.75) is 42.7 Å². The first-order valence-corrected chi connectivity index (χ1v) is 15.7. The second-order valence-electron chi connectivity index (χ2n) is 10.4. The first-order chi connectivity index (χ1) is 20.2. The molecule has 2 amide bonds. The summed E-state index contributed by atoms with van der Waals surface area (Å²) in [6.07, 6.45) is -1.47. The molecule has 43 heavy (non-hydrogen) atoms. The summed E-state index contributed by atoms with van der Waals surface area (Å²) in [5.74, 6) is -2.26. The minimum absolute atomic E-state index is 0.0240. The van der Waals surface area contributed by atoms with E-state index in [1.165, 1.54) is 42.5 Å². The summed E-state index contributed by atoms with van der Waals surface area (Å²) in [5, 5.41) is 31.9. The van der Waals surface area contributed by atoms with E-state index in [2.05, 4.69) is 5.32 Å². The molecule has 5 rings (SSSR count). The Morgan fingerprint density at radius 1 is 1.12 bits per heavy atom. The van der Waals surface area contributed by atoms with Crippen molar-refractivity contribution in [2.75, 3.05) is 12.8 Å². The summed E-state index contributed by atoms with van der Waals surface area (Å²) in [4.78, 5) is 40.1. The maximum absolute atomic E-state index is 13.3. The lowest BCUT2D eigenvalue weighted by atomic mass is 9.95. The predicted octanol–water partition coefficient (Wildman–Crippen LogP) is 2.77. The monoisotopic (exact) mass is 648 g/mol. The molecule has 3 atom stereocenters. The fourth-order valence-corrected chi connectivity index (χ4v) is 6.60. The largest absolute Gasteiger partial charge is 0.480 e. The number of halogens is 2. The van der Waals surface area contributed by atoms with Gasteiger partial charge in [0.15, 0.2) is 9.84 Å². The Balaban J connectivity index is 1.33. The van der Waals surface area contributed by atoms with Gasteiger partial charge in [0, 0.05) is 36.9 Å². The zero-order valence-corrected chi connectivity index (χ0v) is 24.9. The quantitative estimate of drug-likeness (QED) is 0.301. The summed E-state index contributed by atoms with van der Waals surface area (Å²) < 4.78 is 29.0. The number of carbonyl (C=O) groups is 3. The molecule has 11 nitrogen and oxygen atoms in total. The first kappa shape index (κ1) is 30.8. The molecule has 226 valence electrons. The van der Waals surface area contributed by atoms with Crippen LogP contribution >= 0.6 is 23.2 Å². The number of aliphatic carboxylic acids is 1. The van der Waals surface area contributed by atoms with Crippen LogP contribution in [0.3, 0.4) is 0 Å². The lowest BCUT2D eigenvalue weighted by Crippen LogP contribution is -2.42. The van der Waals surface area contributed by atoms with Gasteiger partial charge in [-0.2, -0.15) is 0 Å². The molecule has 3 aromatic rings. The molecule has 2 aliphatic rings. The molecule has 3 aromatic carbocycles. The molecule has 2 aliphatic heterocycles. The van der Waals surface area contributed by atoms with Gasteiger partial charge in [-0.1, -0.05) is 41.4 Å². The van der Waals surface area contributed by atoms with E-state index in [0.29, 0.717) is 27.8 Å². The fourth-order valence-electron chi connectivity index (χ4n) is 5.15. The molecule has 0 radical (unpaired) electrons. The van der Waals surface area contributed by atoms with Gasteiger partial charge in [-0.15, -0.1) is 0 Å². The van der Waals surface area contributed by atoms with Crippen LogP contribution in [0.15, 0.2) is 53.4 Å². The van der Waals surface area contributed by atoms with Crippen LogP contribution in [0, 0.1) is 0 Å². The highest BCUT2D eigenvalue weighted by Crippen LogP contribution is 2.38. The SMILES string of the molecule is CS(=O)(=O)c1cccc(CC(NC(=O)c2c(Cl)cc3c(c2Cl)CCN(C(=O)c2ccc4c(c2)OC(O)C4O)C3)C(=O)O)c1. The number of carboxylic acids is 1. The van der Waals surface area contributed by atoms with E-state index < -0.39 is 40.1 Å². The summed E-state index contributed by atoms with van der Waals surface area (Å²) in [5.41, 5.74) is 2.16. The van der Waals surface area contributed by atoms with Crippen molar-refractivity contribution in [3.05, 3.63) is 92.0 Å². The lowest BCUT2D eigenvalue weighted by Gasteiger charge is -2.30. The highest BCUT2D eigenvalue weighted by Gasteiger charge is 2.33. The molecule has 0 bridgehead atoms. The predicted molar refractivity (Wildman–Crippen MR) is 155 cm³/mol. The number of amides is 2. The van der Waals surface area contributed by atoms with E-state index in [1.807, 2.05) is 0 Å². The molecule has 2 heterocycles. The number of hydrogen-bond acceptors (Lipinski definition) is 8. The van der Waals surface area contributed by atoms with E-state index in [-0.39, 0.29) is 58.1 Å². The van der Waals surface area contributed by atoms with E-state index >= 15 is 0 Å². The molecule has 0 aromatic heterocycles. The smallest absolute Gasteiger partial charge is 0.326 e. The number of aliphatic hydroxyl groups is 2. The number of rotatable bonds is 7. The van der Waals surface area contributed by atoms with Crippen molar-refractivity contribution < 1.29 is 42.9 Å². The molecule has 0 saturated carbocycles. The van der Waals surface area contributed by atoms with Crippen molar-refractivity contribution >= 4 is 50.8 Å². The molecular formula is C29H26Cl2N2O9S. The maximum atomic E-state index is 13.3. The highest BCUT2D eigenvalue weighted by atomic mass is 35.5. The van der Waals surface area contributed by atoms with Crippen LogP contribution < -0.4 is 10.1 Å². The van der Waals surface area contributed by atoms with Crippen LogP contribution in [0.4, 0.5) is 0 Å². The minimum atomic E-state index is -3.52. The van der Waals surface area contributed by atoms with Crippen LogP contribution in [-0.4, -0.2) is 71.6 Å². The molecule has 0 spiro atoms. The third kappa shape index (κ3) is 6.20. The first-order valence-electron chi connectivity index (χ1n) is 13.0. The minimum Gasteiger partial charge on any atom is -0.480 e. The van der Waals surface area contributed by atoms with Gasteiger partial charge in [-0.25, -0.2) is 13.2 Å². The zero-order chi connectivity index (χ0) is 31.2. The van der Waals surface area contributed by atoms with Gasteiger partial charge in [-0.3, -0.25) is 9.59 Å². The van der Waals surface area contributed by atoms with Gasteiger partial charge in [0.25, 0.3) is 11.8 Å². The number of benzene rings is 3. The van der Waals surface area contributed by atoms with Crippen LogP contribution in [0.1, 0.15) is 49.1 Å². The standard InChI is InChI=1S/C29H26Cl2N2O9S/c1-43(40,41)17-4-2-3-14(9-17)10-21(28(37)38)32-26(35)23-20(30)11-16-13-33(8-7-18(16)24(23)31)27(36)15-5-6-19-22(12-15)42-29(39)25(19)34/h2-6,9,11-12,21,25,29,34,39H,7-8,10,13H2,1H3,(H,32,35)(H,37,38).